The van der Waals surface area contributed by atoms with Crippen molar-refractivity contribution in [1.29, 1.82) is 0 Å². The maximum absolute atomic E-state index is 13.7. The lowest BCUT2D eigenvalue weighted by Crippen LogP contribution is -2.57. The summed E-state index contributed by atoms with van der Waals surface area (Å²) in [6, 6.07) is 9.33. The predicted molar refractivity (Wildman–Crippen MR) is 110 cm³/mol. The fourth-order valence-electron chi connectivity index (χ4n) is 6.94. The van der Waals surface area contributed by atoms with E-state index in [-0.39, 0.29) is 23.3 Å². The largest absolute Gasteiger partial charge is 0.492 e. The first-order valence-electron chi connectivity index (χ1n) is 11.4. The van der Waals surface area contributed by atoms with Crippen LogP contribution < -0.4 is 10.1 Å². The van der Waals surface area contributed by atoms with Gasteiger partial charge in [0.25, 0.3) is 0 Å². The minimum Gasteiger partial charge on any atom is -0.492 e. The molecule has 1 aromatic rings. The maximum Gasteiger partial charge on any atom is 0.242 e. The number of carbonyl (C=O) groups excluding carboxylic acids is 2. The van der Waals surface area contributed by atoms with E-state index in [9.17, 15) is 9.59 Å². The Bertz CT molecular complexity index is 727. The smallest absolute Gasteiger partial charge is 0.242 e. The molecule has 1 saturated heterocycles. The number of rotatable bonds is 6. The Morgan fingerprint density at radius 2 is 1.69 bits per heavy atom. The van der Waals surface area contributed by atoms with E-state index in [4.69, 9.17) is 4.74 Å². The third kappa shape index (κ3) is 3.64. The molecule has 4 aliphatic carbocycles. The normalized spacial score (nSPS) is 35.0. The van der Waals surface area contributed by atoms with Crippen LogP contribution in [0.15, 0.2) is 30.3 Å². The monoisotopic (exact) mass is 396 g/mol. The summed E-state index contributed by atoms with van der Waals surface area (Å²) in [4.78, 5) is 28.4. The third-order valence-electron chi connectivity index (χ3n) is 7.72. The van der Waals surface area contributed by atoms with Crippen molar-refractivity contribution in [3.8, 4) is 5.75 Å². The van der Waals surface area contributed by atoms with Crippen LogP contribution in [0.2, 0.25) is 0 Å². The molecule has 6 rings (SSSR count). The third-order valence-corrected chi connectivity index (χ3v) is 7.72. The van der Waals surface area contributed by atoms with Crippen molar-refractivity contribution in [2.24, 2.45) is 23.2 Å². The van der Waals surface area contributed by atoms with Gasteiger partial charge in [0.1, 0.15) is 18.4 Å². The number of hydrogen-bond donors (Lipinski definition) is 1. The summed E-state index contributed by atoms with van der Waals surface area (Å²) in [6.07, 6.45) is 8.89. The van der Waals surface area contributed by atoms with Crippen LogP contribution in [-0.2, 0) is 9.59 Å². The van der Waals surface area contributed by atoms with Crippen molar-refractivity contribution in [3.05, 3.63) is 30.3 Å². The second-order valence-corrected chi connectivity index (χ2v) is 9.81. The quantitative estimate of drug-likeness (QED) is 0.750. The van der Waals surface area contributed by atoms with E-state index in [1.54, 1.807) is 0 Å². The summed E-state index contributed by atoms with van der Waals surface area (Å²) < 4.78 is 5.66. The molecule has 0 radical (unpaired) electrons. The fraction of sp³-hybridized carbons (Fsp3) is 0.667. The van der Waals surface area contributed by atoms with Gasteiger partial charge in [-0.05, 0) is 81.3 Å². The Kier molecular flexibility index (Phi) is 5.00. The molecule has 1 atom stereocenters. The molecule has 1 aromatic carbocycles. The molecule has 156 valence electrons. The number of para-hydroxylation sites is 1. The van der Waals surface area contributed by atoms with Crippen molar-refractivity contribution in [3.63, 3.8) is 0 Å². The maximum atomic E-state index is 13.7. The van der Waals surface area contributed by atoms with Gasteiger partial charge in [0.05, 0.1) is 12.0 Å². The van der Waals surface area contributed by atoms with E-state index in [0.29, 0.717) is 13.2 Å². The lowest BCUT2D eigenvalue weighted by molar-refractivity contribution is -0.160. The molecule has 2 amide bonds. The van der Waals surface area contributed by atoms with Crippen molar-refractivity contribution in [2.75, 3.05) is 19.7 Å². The zero-order valence-corrected chi connectivity index (χ0v) is 17.1. The number of hydrogen-bond acceptors (Lipinski definition) is 3. The summed E-state index contributed by atoms with van der Waals surface area (Å²) in [5.74, 6) is 3.31. The highest BCUT2D eigenvalue weighted by atomic mass is 16.5. The van der Waals surface area contributed by atoms with E-state index in [1.807, 2.05) is 35.2 Å². The molecule has 29 heavy (non-hydrogen) atoms. The highest BCUT2D eigenvalue weighted by Gasteiger charge is 2.56. The molecule has 1 unspecified atom stereocenters. The minimum absolute atomic E-state index is 0.0164. The Balaban J connectivity index is 1.18. The van der Waals surface area contributed by atoms with Gasteiger partial charge in [-0.1, -0.05) is 18.2 Å². The van der Waals surface area contributed by atoms with Crippen LogP contribution in [0.4, 0.5) is 0 Å². The molecule has 5 aliphatic rings. The molecule has 5 fully saturated rings. The highest BCUT2D eigenvalue weighted by Crippen LogP contribution is 2.60. The SMILES string of the molecule is O=C(NCCOc1ccccc1)C1CCCN1C(=O)C12CC3CC(CC(C3)C1)C2. The summed E-state index contributed by atoms with van der Waals surface area (Å²) in [6.45, 7) is 1.63. The Morgan fingerprint density at radius 3 is 2.34 bits per heavy atom. The number of likely N-dealkylation sites (tertiary alicyclic amines) is 1. The number of nitrogens with zero attached hydrogens (tertiary/aromatic N) is 1. The van der Waals surface area contributed by atoms with Gasteiger partial charge >= 0.3 is 0 Å². The van der Waals surface area contributed by atoms with E-state index >= 15 is 0 Å². The average Bonchev–Trinajstić information content (AvgIpc) is 3.20. The van der Waals surface area contributed by atoms with Crippen LogP contribution in [0.5, 0.6) is 5.75 Å². The van der Waals surface area contributed by atoms with Gasteiger partial charge in [0.15, 0.2) is 0 Å². The van der Waals surface area contributed by atoms with Gasteiger partial charge in [-0.2, -0.15) is 0 Å². The number of nitrogens with one attached hydrogen (secondary N) is 1. The van der Waals surface area contributed by atoms with Gasteiger partial charge in [-0.3, -0.25) is 9.59 Å². The molecule has 0 aromatic heterocycles. The lowest BCUT2D eigenvalue weighted by Gasteiger charge is -2.56. The van der Waals surface area contributed by atoms with Crippen LogP contribution >= 0.6 is 0 Å². The van der Waals surface area contributed by atoms with Gasteiger partial charge in [0.2, 0.25) is 11.8 Å². The van der Waals surface area contributed by atoms with E-state index in [1.165, 1.54) is 19.3 Å². The van der Waals surface area contributed by atoms with Crippen LogP contribution in [0.25, 0.3) is 0 Å². The minimum atomic E-state index is -0.299. The Labute approximate surface area is 173 Å². The molecular formula is C24H32N2O3. The lowest BCUT2D eigenvalue weighted by atomic mass is 9.49. The molecular weight excluding hydrogens is 364 g/mol. The van der Waals surface area contributed by atoms with E-state index < -0.39 is 0 Å². The molecule has 0 spiro atoms. The second-order valence-electron chi connectivity index (χ2n) is 9.81. The average molecular weight is 397 g/mol. The number of amides is 2. The summed E-state index contributed by atoms with van der Waals surface area (Å²) in [7, 11) is 0. The van der Waals surface area contributed by atoms with E-state index in [2.05, 4.69) is 5.32 Å². The van der Waals surface area contributed by atoms with Crippen LogP contribution in [0.3, 0.4) is 0 Å². The Morgan fingerprint density at radius 1 is 1.03 bits per heavy atom. The van der Waals surface area contributed by atoms with Crippen LogP contribution in [0, 0.1) is 23.2 Å². The zero-order chi connectivity index (χ0) is 19.8. The Hall–Kier alpha value is -2.04. The number of benzene rings is 1. The van der Waals surface area contributed by atoms with Gasteiger partial charge < -0.3 is 15.0 Å². The molecule has 4 saturated carbocycles. The van der Waals surface area contributed by atoms with Crippen LogP contribution in [0.1, 0.15) is 51.4 Å². The highest BCUT2D eigenvalue weighted by molar-refractivity contribution is 5.91. The summed E-state index contributed by atoms with van der Waals surface area (Å²) in [5.41, 5.74) is -0.159. The standard InChI is InChI=1S/C24H32N2O3/c27-22(25-8-10-29-20-5-2-1-3-6-20)21-7-4-9-26(21)23(28)24-14-17-11-18(15-24)13-19(12-17)16-24/h1-3,5-6,17-19,21H,4,7-16H2,(H,25,27). The van der Waals surface area contributed by atoms with Crippen molar-refractivity contribution in [1.82, 2.24) is 10.2 Å². The summed E-state index contributed by atoms with van der Waals surface area (Å²) >= 11 is 0. The van der Waals surface area contributed by atoms with Crippen molar-refractivity contribution < 1.29 is 14.3 Å². The molecule has 5 heteroatoms. The van der Waals surface area contributed by atoms with Crippen molar-refractivity contribution in [2.45, 2.75) is 57.4 Å². The first kappa shape index (κ1) is 19.0. The molecule has 1 heterocycles. The molecule has 1 aliphatic heterocycles. The predicted octanol–water partition coefficient (Wildman–Crippen LogP) is 3.39. The molecule has 4 bridgehead atoms. The topological polar surface area (TPSA) is 58.6 Å². The summed E-state index contributed by atoms with van der Waals surface area (Å²) in [5, 5.41) is 3.00. The number of ether oxygens (including phenoxy) is 1. The first-order valence-corrected chi connectivity index (χ1v) is 11.4. The van der Waals surface area contributed by atoms with Crippen LogP contribution in [-0.4, -0.2) is 42.5 Å². The van der Waals surface area contributed by atoms with Crippen molar-refractivity contribution >= 4 is 11.8 Å². The van der Waals surface area contributed by atoms with Gasteiger partial charge in [-0.15, -0.1) is 0 Å². The first-order chi connectivity index (χ1) is 14.1. The number of carbonyl (C=O) groups is 2. The molecule has 5 nitrogen and oxygen atoms in total. The van der Waals surface area contributed by atoms with Gasteiger partial charge in [-0.25, -0.2) is 0 Å². The van der Waals surface area contributed by atoms with E-state index in [0.717, 1.165) is 62.2 Å². The van der Waals surface area contributed by atoms with Gasteiger partial charge in [0, 0.05) is 6.54 Å². The fourth-order valence-corrected chi connectivity index (χ4v) is 6.94. The second kappa shape index (κ2) is 7.66. The zero-order valence-electron chi connectivity index (χ0n) is 17.1. The molecule has 1 N–H and O–H groups in total.